The molecule has 0 aliphatic heterocycles. The van der Waals surface area contributed by atoms with Crippen molar-refractivity contribution in [2.45, 2.75) is 37.6 Å². The molecule has 3 aromatic rings. The number of amides is 1. The summed E-state index contributed by atoms with van der Waals surface area (Å²) >= 11 is 0. The van der Waals surface area contributed by atoms with Gasteiger partial charge in [0, 0.05) is 30.7 Å². The van der Waals surface area contributed by atoms with Gasteiger partial charge in [-0.3, -0.25) is 4.98 Å². The van der Waals surface area contributed by atoms with Crippen molar-refractivity contribution >= 4 is 17.1 Å². The van der Waals surface area contributed by atoms with Gasteiger partial charge in [-0.25, -0.2) is 4.98 Å². The first-order chi connectivity index (χ1) is 15.7. The fraction of sp³-hybridized carbons (Fsp3) is 0.286. The molecule has 0 aliphatic rings. The Morgan fingerprint density at radius 1 is 1.24 bits per heavy atom. The molecule has 2 heterocycles. The third-order valence-electron chi connectivity index (χ3n) is 4.37. The van der Waals surface area contributed by atoms with Crippen LogP contribution in [0.4, 0.5) is 18.0 Å². The minimum Gasteiger partial charge on any atom is -0.419 e. The van der Waals surface area contributed by atoms with E-state index >= 15 is 0 Å². The smallest absolute Gasteiger partial charge is 0.419 e. The first kappa shape index (κ1) is 24.4. The van der Waals surface area contributed by atoms with Gasteiger partial charge in [-0.1, -0.05) is 19.4 Å². The van der Waals surface area contributed by atoms with Crippen LogP contribution in [0, 0.1) is 0 Å². The van der Waals surface area contributed by atoms with Gasteiger partial charge in [0.1, 0.15) is 10.6 Å². The largest absolute Gasteiger partial charge is 0.573 e. The van der Waals surface area contributed by atoms with Gasteiger partial charge in [0.15, 0.2) is 0 Å². The highest BCUT2D eigenvalue weighted by atomic mass is 32.2. The summed E-state index contributed by atoms with van der Waals surface area (Å²) in [5, 5.41) is 0. The van der Waals surface area contributed by atoms with Crippen LogP contribution in [0.5, 0.6) is 5.75 Å². The van der Waals surface area contributed by atoms with Crippen LogP contribution in [0.25, 0.3) is 11.3 Å². The molecule has 1 unspecified atom stereocenters. The molecule has 0 aliphatic carbocycles. The number of imidazole rings is 1. The van der Waals surface area contributed by atoms with E-state index in [0.717, 1.165) is 28.8 Å². The minimum atomic E-state index is -4.89. The van der Waals surface area contributed by atoms with Crippen LogP contribution in [0.15, 0.2) is 60.1 Å². The lowest BCUT2D eigenvalue weighted by Crippen LogP contribution is -2.88. The van der Waals surface area contributed by atoms with E-state index in [0.29, 0.717) is 13.0 Å². The van der Waals surface area contributed by atoms with Gasteiger partial charge in [-0.05, 0) is 36.2 Å². The summed E-state index contributed by atoms with van der Waals surface area (Å²) in [5.41, 5.74) is 1.24. The Labute approximate surface area is 190 Å². The maximum absolute atomic E-state index is 12.8. The highest BCUT2D eigenvalue weighted by Gasteiger charge is 2.32. The van der Waals surface area contributed by atoms with Gasteiger partial charge in [0.2, 0.25) is 11.0 Å². The van der Waals surface area contributed by atoms with Gasteiger partial charge in [-0.2, -0.15) is 13.7 Å². The Morgan fingerprint density at radius 3 is 2.70 bits per heavy atom. The van der Waals surface area contributed by atoms with Crippen molar-refractivity contribution in [2.24, 2.45) is 0 Å². The first-order valence-corrected chi connectivity index (χ1v) is 11.2. The molecule has 176 valence electrons. The average Bonchev–Trinajstić information content (AvgIpc) is 3.26. The second kappa shape index (κ2) is 11.1. The number of nitrogens with zero attached hydrogens (tertiary/aromatic N) is 3. The SMILES string of the molecule is CCCCOC(=O)[NH2+]S(=O)c1ccc(OC(F)(F)F)cc1-c1ccc(Cn2ccnc2)cn1. The van der Waals surface area contributed by atoms with Crippen molar-refractivity contribution in [1.29, 1.82) is 0 Å². The summed E-state index contributed by atoms with van der Waals surface area (Å²) in [6, 6.07) is 6.68. The van der Waals surface area contributed by atoms with Gasteiger partial charge >= 0.3 is 12.5 Å². The zero-order valence-electron chi connectivity index (χ0n) is 17.6. The predicted octanol–water partition coefficient (Wildman–Crippen LogP) is 3.41. The van der Waals surface area contributed by atoms with Crippen LogP contribution in [0.3, 0.4) is 0 Å². The lowest BCUT2D eigenvalue weighted by atomic mass is 10.1. The third kappa shape index (κ3) is 7.39. The zero-order chi connectivity index (χ0) is 23.8. The number of halogens is 3. The van der Waals surface area contributed by atoms with Crippen molar-refractivity contribution in [3.05, 3.63) is 60.8 Å². The summed E-state index contributed by atoms with van der Waals surface area (Å²) < 4.78 is 62.7. The van der Waals surface area contributed by atoms with Gasteiger partial charge in [0.05, 0.1) is 18.6 Å². The number of hydrogen-bond acceptors (Lipinski definition) is 6. The van der Waals surface area contributed by atoms with Crippen molar-refractivity contribution in [3.63, 3.8) is 0 Å². The van der Waals surface area contributed by atoms with E-state index in [4.69, 9.17) is 4.74 Å². The van der Waals surface area contributed by atoms with Crippen LogP contribution < -0.4 is 9.46 Å². The van der Waals surface area contributed by atoms with E-state index in [1.807, 2.05) is 11.5 Å². The molecule has 0 radical (unpaired) electrons. The Hall–Kier alpha value is -3.25. The van der Waals surface area contributed by atoms with E-state index in [1.165, 1.54) is 6.07 Å². The second-order valence-corrected chi connectivity index (χ2v) is 8.20. The van der Waals surface area contributed by atoms with Crippen molar-refractivity contribution < 1.29 is 36.4 Å². The molecule has 2 N–H and O–H groups in total. The fourth-order valence-corrected chi connectivity index (χ4v) is 3.80. The van der Waals surface area contributed by atoms with Crippen molar-refractivity contribution in [2.75, 3.05) is 6.61 Å². The number of benzene rings is 1. The van der Waals surface area contributed by atoms with E-state index < -0.39 is 29.2 Å². The highest BCUT2D eigenvalue weighted by Crippen LogP contribution is 2.31. The summed E-state index contributed by atoms with van der Waals surface area (Å²) in [5.74, 6) is -0.493. The summed E-state index contributed by atoms with van der Waals surface area (Å²) in [7, 11) is -1.98. The number of nitrogens with two attached hydrogens (primary N) is 1. The van der Waals surface area contributed by atoms with Crippen molar-refractivity contribution in [1.82, 2.24) is 14.5 Å². The van der Waals surface area contributed by atoms with Gasteiger partial charge in [0.25, 0.3) is 0 Å². The number of pyridine rings is 1. The average molecular weight is 483 g/mol. The van der Waals surface area contributed by atoms with Gasteiger partial charge in [-0.15, -0.1) is 13.2 Å². The number of unbranched alkanes of at least 4 members (excludes halogenated alkanes) is 1. The molecule has 0 saturated heterocycles. The number of carbonyl (C=O) groups is 1. The van der Waals surface area contributed by atoms with Crippen LogP contribution in [-0.4, -0.2) is 37.8 Å². The number of aromatic nitrogens is 3. The van der Waals surface area contributed by atoms with Crippen molar-refractivity contribution in [3.8, 4) is 17.0 Å². The van der Waals surface area contributed by atoms with Crippen LogP contribution in [-0.2, 0) is 22.3 Å². The van der Waals surface area contributed by atoms with Gasteiger partial charge < -0.3 is 14.0 Å². The molecule has 1 atom stereocenters. The second-order valence-electron chi connectivity index (χ2n) is 6.93. The molecule has 1 amide bonds. The Morgan fingerprint density at radius 2 is 2.06 bits per heavy atom. The molecule has 3 rings (SSSR count). The summed E-state index contributed by atoms with van der Waals surface area (Å²) in [6.07, 6.45) is 2.44. The molecule has 1 aromatic carbocycles. The van der Waals surface area contributed by atoms with Crippen LogP contribution in [0.1, 0.15) is 25.3 Å². The monoisotopic (exact) mass is 483 g/mol. The van der Waals surface area contributed by atoms with E-state index in [1.54, 1.807) is 37.1 Å². The summed E-state index contributed by atoms with van der Waals surface area (Å²) in [6.45, 7) is 2.62. The quantitative estimate of drug-likeness (QED) is 0.468. The number of hydrogen-bond donors (Lipinski definition) is 1. The molecule has 8 nitrogen and oxygen atoms in total. The molecule has 0 spiro atoms. The van der Waals surface area contributed by atoms with E-state index in [2.05, 4.69) is 14.7 Å². The summed E-state index contributed by atoms with van der Waals surface area (Å²) in [4.78, 5) is 20.3. The Balaban J connectivity index is 1.87. The number of rotatable bonds is 9. The molecule has 12 heteroatoms. The predicted molar refractivity (Wildman–Crippen MR) is 112 cm³/mol. The molecule has 0 fully saturated rings. The first-order valence-electron chi connectivity index (χ1n) is 9.98. The molecular formula is C21H22F3N4O4S+. The molecular weight excluding hydrogens is 461 g/mol. The maximum atomic E-state index is 12.8. The lowest BCUT2D eigenvalue weighted by Gasteiger charge is -2.13. The number of alkyl halides is 3. The number of ether oxygens (including phenoxy) is 2. The number of carbonyl (C=O) groups excluding carboxylic acids is 1. The molecule has 0 saturated carbocycles. The number of primary amides is 1. The minimum absolute atomic E-state index is 0.104. The Kier molecular flexibility index (Phi) is 8.17. The maximum Gasteiger partial charge on any atom is 0.573 e. The standard InChI is InChI=1S/C21H21F3N4O4S/c1-2-3-10-31-20(29)27-33(30)19-7-5-16(32-21(22,23)24)11-17(19)18-6-4-15(12-26-18)13-28-9-8-25-14-28/h4-9,11-12,14H,2-3,10,13H2,1H3,(H,27,29)/p+1. The zero-order valence-corrected chi connectivity index (χ0v) is 18.4. The Bertz CT molecular complexity index is 1090. The van der Waals surface area contributed by atoms with E-state index in [-0.39, 0.29) is 22.8 Å². The normalized spacial score (nSPS) is 12.4. The number of quaternary nitrogens is 1. The fourth-order valence-electron chi connectivity index (χ4n) is 2.85. The topological polar surface area (TPSA) is 99.9 Å². The molecule has 0 bridgehead atoms. The molecule has 2 aromatic heterocycles. The van der Waals surface area contributed by atoms with Crippen LogP contribution >= 0.6 is 0 Å². The highest BCUT2D eigenvalue weighted by molar-refractivity contribution is 7.78. The lowest BCUT2D eigenvalue weighted by molar-refractivity contribution is -0.400. The van der Waals surface area contributed by atoms with E-state index in [9.17, 15) is 22.2 Å². The molecule has 33 heavy (non-hydrogen) atoms. The third-order valence-corrected chi connectivity index (χ3v) is 5.57. The van der Waals surface area contributed by atoms with Crippen LogP contribution in [0.2, 0.25) is 0 Å².